The van der Waals surface area contributed by atoms with E-state index in [1.54, 1.807) is 19.2 Å². The molecule has 1 unspecified atom stereocenters. The number of anilines is 1. The molecule has 2 N–H and O–H groups in total. The first kappa shape index (κ1) is 20.2. The number of hydrogen-bond acceptors (Lipinski definition) is 4. The van der Waals surface area contributed by atoms with Crippen LogP contribution in [0.25, 0.3) is 0 Å². The fraction of sp³-hybridized carbons (Fsp3) is 0.350. The fourth-order valence-electron chi connectivity index (χ4n) is 2.90. The molecular weight excluding hydrogens is 378 g/mol. The van der Waals surface area contributed by atoms with Gasteiger partial charge in [0.25, 0.3) is 0 Å². The zero-order valence-corrected chi connectivity index (χ0v) is 17.0. The molecule has 0 fully saturated rings. The topological polar surface area (TPSA) is 87.7 Å². The van der Waals surface area contributed by atoms with Crippen molar-refractivity contribution in [3.8, 4) is 5.75 Å². The Morgan fingerprint density at radius 1 is 1.18 bits per heavy atom. The lowest BCUT2D eigenvalue weighted by atomic mass is 10.1. The summed E-state index contributed by atoms with van der Waals surface area (Å²) in [6.07, 6.45) is 0.661. The van der Waals surface area contributed by atoms with Gasteiger partial charge in [-0.25, -0.2) is 13.2 Å². The normalized spacial score (nSPS) is 16.0. The first-order valence-electron chi connectivity index (χ1n) is 9.15. The second-order valence-electron chi connectivity index (χ2n) is 7.03. The Kier molecular flexibility index (Phi) is 5.90. The third kappa shape index (κ3) is 4.45. The molecule has 8 heteroatoms. The summed E-state index contributed by atoms with van der Waals surface area (Å²) >= 11 is 0. The van der Waals surface area contributed by atoms with Crippen molar-refractivity contribution in [2.24, 2.45) is 0 Å². The number of sulfonamides is 1. The lowest BCUT2D eigenvalue weighted by Crippen LogP contribution is -2.37. The molecule has 1 aliphatic rings. The van der Waals surface area contributed by atoms with Crippen LogP contribution in [-0.2, 0) is 16.4 Å². The summed E-state index contributed by atoms with van der Waals surface area (Å²) in [6.45, 7) is 4.00. The second kappa shape index (κ2) is 8.20. The Bertz CT molecular complexity index is 917. The van der Waals surface area contributed by atoms with Gasteiger partial charge in [-0.1, -0.05) is 18.2 Å². The van der Waals surface area contributed by atoms with Crippen LogP contribution < -0.4 is 15.4 Å². The molecule has 0 aliphatic carbocycles. The number of ether oxygens (including phenoxy) is 1. The van der Waals surface area contributed by atoms with Gasteiger partial charge in [0.15, 0.2) is 0 Å². The van der Waals surface area contributed by atoms with Gasteiger partial charge in [0.05, 0.1) is 11.4 Å². The molecule has 0 bridgehead atoms. The van der Waals surface area contributed by atoms with E-state index in [1.165, 1.54) is 16.4 Å². The summed E-state index contributed by atoms with van der Waals surface area (Å²) in [5, 5.41) is 5.49. The molecule has 1 aliphatic heterocycles. The summed E-state index contributed by atoms with van der Waals surface area (Å²) in [5.74, 6) is 0.859. The maximum atomic E-state index is 12.5. The number of benzene rings is 2. The summed E-state index contributed by atoms with van der Waals surface area (Å²) in [6, 6.07) is 13.4. The average molecular weight is 404 g/mol. The fourth-order valence-corrected chi connectivity index (χ4v) is 4.27. The number of amides is 2. The second-order valence-corrected chi connectivity index (χ2v) is 9.02. The monoisotopic (exact) mass is 403 g/mol. The molecule has 28 heavy (non-hydrogen) atoms. The highest BCUT2D eigenvalue weighted by Crippen LogP contribution is 2.27. The van der Waals surface area contributed by atoms with Crippen LogP contribution >= 0.6 is 0 Å². The van der Waals surface area contributed by atoms with Crippen molar-refractivity contribution >= 4 is 21.7 Å². The number of nitrogens with one attached hydrogen (secondary N) is 2. The van der Waals surface area contributed by atoms with Crippen LogP contribution in [0, 0.1) is 0 Å². The molecule has 0 saturated heterocycles. The van der Waals surface area contributed by atoms with Crippen LogP contribution in [0.1, 0.15) is 19.4 Å². The quantitative estimate of drug-likeness (QED) is 0.776. The third-order valence-electron chi connectivity index (χ3n) is 4.72. The first-order valence-corrected chi connectivity index (χ1v) is 10.6. The minimum atomic E-state index is -3.54. The molecule has 2 aromatic rings. The Labute approximate surface area is 165 Å². The summed E-state index contributed by atoms with van der Waals surface area (Å²) in [5.41, 5.74) is 1.65. The molecule has 0 saturated carbocycles. The summed E-state index contributed by atoms with van der Waals surface area (Å²) < 4.78 is 32.0. The van der Waals surface area contributed by atoms with Gasteiger partial charge in [-0.2, -0.15) is 4.31 Å². The van der Waals surface area contributed by atoms with Crippen LogP contribution in [-0.4, -0.2) is 44.5 Å². The summed E-state index contributed by atoms with van der Waals surface area (Å²) in [4.78, 5) is 12.3. The van der Waals surface area contributed by atoms with E-state index in [-0.39, 0.29) is 23.1 Å². The number of fused-ring (bicyclic) bond motifs is 1. The number of hydrogen-bond donors (Lipinski definition) is 2. The molecular formula is C20H25N3O4S. The van der Waals surface area contributed by atoms with E-state index in [4.69, 9.17) is 4.74 Å². The molecule has 150 valence electrons. The number of carbonyl (C=O) groups excluding carboxylic acids is 1. The van der Waals surface area contributed by atoms with Crippen LogP contribution in [0.3, 0.4) is 0 Å². The van der Waals surface area contributed by atoms with E-state index < -0.39 is 10.0 Å². The number of para-hydroxylation sites is 1. The molecule has 2 amide bonds. The Balaban J connectivity index is 1.52. The molecule has 1 heterocycles. The van der Waals surface area contributed by atoms with Crippen LogP contribution in [0.4, 0.5) is 10.5 Å². The Hall–Kier alpha value is -2.58. The number of urea groups is 1. The minimum Gasteiger partial charge on any atom is -0.488 e. The zero-order valence-electron chi connectivity index (χ0n) is 16.2. The van der Waals surface area contributed by atoms with Crippen molar-refractivity contribution in [1.29, 1.82) is 0 Å². The van der Waals surface area contributed by atoms with Crippen molar-refractivity contribution in [2.45, 2.75) is 37.3 Å². The van der Waals surface area contributed by atoms with E-state index in [0.717, 1.165) is 17.7 Å². The van der Waals surface area contributed by atoms with Gasteiger partial charge in [-0.05, 0) is 49.7 Å². The maximum absolute atomic E-state index is 12.5. The first-order chi connectivity index (χ1) is 13.3. The predicted molar refractivity (Wildman–Crippen MR) is 108 cm³/mol. The lowest BCUT2D eigenvalue weighted by Gasteiger charge is -2.21. The standard InChI is InChI=1S/C20H25N3O4S/c1-14(2)23(3)28(25,26)18-10-8-16(9-11-18)22-20(24)21-13-17-12-15-6-4-5-7-19(15)27-17/h4-11,14,17H,12-13H2,1-3H3,(H2,21,22,24). The van der Waals surface area contributed by atoms with Crippen molar-refractivity contribution in [2.75, 3.05) is 18.9 Å². The molecule has 0 aromatic heterocycles. The van der Waals surface area contributed by atoms with Gasteiger partial charge in [0.1, 0.15) is 11.9 Å². The van der Waals surface area contributed by atoms with Gasteiger partial charge >= 0.3 is 6.03 Å². The highest BCUT2D eigenvalue weighted by molar-refractivity contribution is 7.89. The smallest absolute Gasteiger partial charge is 0.319 e. The van der Waals surface area contributed by atoms with Gasteiger partial charge in [0.2, 0.25) is 10.0 Å². The largest absolute Gasteiger partial charge is 0.488 e. The Morgan fingerprint density at radius 2 is 1.86 bits per heavy atom. The summed E-state index contributed by atoms with van der Waals surface area (Å²) in [7, 11) is -2.00. The van der Waals surface area contributed by atoms with Crippen molar-refractivity contribution < 1.29 is 17.9 Å². The van der Waals surface area contributed by atoms with E-state index >= 15 is 0 Å². The molecule has 0 spiro atoms. The van der Waals surface area contributed by atoms with Crippen LogP contribution in [0.2, 0.25) is 0 Å². The minimum absolute atomic E-state index is 0.0951. The molecule has 2 aromatic carbocycles. The van der Waals surface area contributed by atoms with Gasteiger partial charge in [0, 0.05) is 25.2 Å². The number of nitrogens with zero attached hydrogens (tertiary/aromatic N) is 1. The SMILES string of the molecule is CC(C)N(C)S(=O)(=O)c1ccc(NC(=O)NCC2Cc3ccccc3O2)cc1. The highest BCUT2D eigenvalue weighted by atomic mass is 32.2. The van der Waals surface area contributed by atoms with Gasteiger partial charge < -0.3 is 15.4 Å². The van der Waals surface area contributed by atoms with Crippen molar-refractivity contribution in [3.63, 3.8) is 0 Å². The van der Waals surface area contributed by atoms with Crippen molar-refractivity contribution in [1.82, 2.24) is 9.62 Å². The number of rotatable bonds is 6. The molecule has 7 nitrogen and oxygen atoms in total. The lowest BCUT2D eigenvalue weighted by molar-refractivity contribution is 0.219. The predicted octanol–water partition coefficient (Wildman–Crippen LogP) is 2.84. The van der Waals surface area contributed by atoms with Gasteiger partial charge in [-0.15, -0.1) is 0 Å². The Morgan fingerprint density at radius 3 is 2.50 bits per heavy atom. The van der Waals surface area contributed by atoms with Crippen LogP contribution in [0.15, 0.2) is 53.4 Å². The van der Waals surface area contributed by atoms with E-state index in [9.17, 15) is 13.2 Å². The average Bonchev–Trinajstić information content (AvgIpc) is 3.09. The van der Waals surface area contributed by atoms with E-state index in [1.807, 2.05) is 38.1 Å². The maximum Gasteiger partial charge on any atom is 0.319 e. The van der Waals surface area contributed by atoms with E-state index in [0.29, 0.717) is 12.2 Å². The van der Waals surface area contributed by atoms with E-state index in [2.05, 4.69) is 10.6 Å². The number of carbonyl (C=O) groups is 1. The van der Waals surface area contributed by atoms with Gasteiger partial charge in [-0.3, -0.25) is 0 Å². The molecule has 1 atom stereocenters. The van der Waals surface area contributed by atoms with Crippen molar-refractivity contribution in [3.05, 3.63) is 54.1 Å². The highest BCUT2D eigenvalue weighted by Gasteiger charge is 2.24. The molecule has 0 radical (unpaired) electrons. The van der Waals surface area contributed by atoms with Crippen LogP contribution in [0.5, 0.6) is 5.75 Å². The third-order valence-corrected chi connectivity index (χ3v) is 6.77. The molecule has 3 rings (SSSR count). The zero-order chi connectivity index (χ0) is 20.3.